The highest BCUT2D eigenvalue weighted by Gasteiger charge is 2.25. The molecule has 264 valence electrons. The maximum atomic E-state index is 13.8. The molecule has 1 unspecified atom stereocenters. The number of hydrogen-bond acceptors (Lipinski definition) is 8. The van der Waals surface area contributed by atoms with Crippen LogP contribution in [-0.2, 0) is 6.54 Å². The SMILES string of the molecule is COc1cc(C(=O)N(C)CC(CCN2CCCN(c3nc4ccccc4n3Cc3ccco3)CC2)c2ccc(Cl)c(Cl)c2)cc(OC)c1OC. The lowest BCUT2D eigenvalue weighted by Gasteiger charge is -2.28. The Kier molecular flexibility index (Phi) is 11.4. The number of carbonyl (C=O) groups excluding carboxylic acids is 1. The number of anilines is 1. The van der Waals surface area contributed by atoms with Crippen LogP contribution in [0.5, 0.6) is 17.2 Å². The van der Waals surface area contributed by atoms with Gasteiger partial charge < -0.3 is 37.9 Å². The summed E-state index contributed by atoms with van der Waals surface area (Å²) in [4.78, 5) is 25.5. The Labute approximate surface area is 303 Å². The highest BCUT2D eigenvalue weighted by atomic mass is 35.5. The van der Waals surface area contributed by atoms with Crippen LogP contribution in [0.1, 0.15) is 40.4 Å². The van der Waals surface area contributed by atoms with Gasteiger partial charge in [-0.05, 0) is 80.0 Å². The minimum absolute atomic E-state index is 0.0117. The minimum Gasteiger partial charge on any atom is -0.493 e. The molecule has 6 rings (SSSR count). The summed E-state index contributed by atoms with van der Waals surface area (Å²) in [6.45, 7) is 5.55. The number of carbonyl (C=O) groups is 1. The zero-order valence-corrected chi connectivity index (χ0v) is 30.4. The topological polar surface area (TPSA) is 85.4 Å². The second kappa shape index (κ2) is 16.1. The van der Waals surface area contributed by atoms with E-state index in [0.29, 0.717) is 45.9 Å². The fraction of sp³-hybridized carbons (Fsp3) is 0.368. The van der Waals surface area contributed by atoms with Gasteiger partial charge in [0, 0.05) is 44.7 Å². The van der Waals surface area contributed by atoms with Crippen molar-refractivity contribution in [2.75, 3.05) is 72.5 Å². The Balaban J connectivity index is 1.17. The van der Waals surface area contributed by atoms with Crippen molar-refractivity contribution in [2.45, 2.75) is 25.3 Å². The van der Waals surface area contributed by atoms with E-state index in [9.17, 15) is 4.79 Å². The van der Waals surface area contributed by atoms with Gasteiger partial charge in [0.2, 0.25) is 11.7 Å². The zero-order chi connectivity index (χ0) is 35.2. The summed E-state index contributed by atoms with van der Waals surface area (Å²) in [5, 5.41) is 0.998. The number of likely N-dealkylation sites (N-methyl/N-ethyl adjacent to an activating group) is 1. The van der Waals surface area contributed by atoms with Crippen LogP contribution in [0.2, 0.25) is 10.0 Å². The summed E-state index contributed by atoms with van der Waals surface area (Å²) in [7, 11) is 6.43. The van der Waals surface area contributed by atoms with Gasteiger partial charge in [0.25, 0.3) is 5.91 Å². The Hall–Kier alpha value is -4.38. The third kappa shape index (κ3) is 7.83. The number of nitrogens with zero attached hydrogens (tertiary/aromatic N) is 5. The molecule has 0 radical (unpaired) electrons. The van der Waals surface area contributed by atoms with Gasteiger partial charge in [0.15, 0.2) is 11.5 Å². The summed E-state index contributed by atoms with van der Waals surface area (Å²) in [6, 6.07) is 21.3. The van der Waals surface area contributed by atoms with E-state index in [1.54, 1.807) is 23.3 Å². The van der Waals surface area contributed by atoms with Crippen LogP contribution in [0.4, 0.5) is 5.95 Å². The number of methoxy groups -OCH3 is 3. The zero-order valence-electron chi connectivity index (χ0n) is 28.9. The number of hydrogen-bond donors (Lipinski definition) is 0. The molecule has 0 spiro atoms. The molecule has 0 aliphatic carbocycles. The summed E-state index contributed by atoms with van der Waals surface area (Å²) in [5.74, 6) is 3.01. The maximum absolute atomic E-state index is 13.8. The molecule has 0 N–H and O–H groups in total. The number of ether oxygens (including phenoxy) is 3. The van der Waals surface area contributed by atoms with Gasteiger partial charge in [0.1, 0.15) is 5.76 Å². The Morgan fingerprint density at radius 3 is 2.40 bits per heavy atom. The van der Waals surface area contributed by atoms with Crippen molar-refractivity contribution in [1.29, 1.82) is 0 Å². The number of imidazole rings is 1. The molecule has 1 aliphatic heterocycles. The van der Waals surface area contributed by atoms with E-state index in [2.05, 4.69) is 32.6 Å². The maximum Gasteiger partial charge on any atom is 0.253 e. The number of aromatic nitrogens is 2. The fourth-order valence-electron chi connectivity index (χ4n) is 6.72. The molecule has 1 aliphatic rings. The van der Waals surface area contributed by atoms with Crippen molar-refractivity contribution >= 4 is 46.1 Å². The largest absolute Gasteiger partial charge is 0.493 e. The number of para-hydroxylation sites is 2. The predicted molar refractivity (Wildman–Crippen MR) is 198 cm³/mol. The number of halogens is 2. The van der Waals surface area contributed by atoms with E-state index in [0.717, 1.165) is 73.9 Å². The predicted octanol–water partition coefficient (Wildman–Crippen LogP) is 7.47. The summed E-state index contributed by atoms with van der Waals surface area (Å²) >= 11 is 12.8. The highest BCUT2D eigenvalue weighted by molar-refractivity contribution is 6.42. The molecule has 1 fully saturated rings. The van der Waals surface area contributed by atoms with Gasteiger partial charge in [-0.1, -0.05) is 41.4 Å². The molecule has 1 saturated heterocycles. The summed E-state index contributed by atoms with van der Waals surface area (Å²) < 4.78 is 24.4. The third-order valence-corrected chi connectivity index (χ3v) is 10.1. The van der Waals surface area contributed by atoms with Crippen molar-refractivity contribution in [3.63, 3.8) is 0 Å². The third-order valence-electron chi connectivity index (χ3n) is 9.36. The van der Waals surface area contributed by atoms with Gasteiger partial charge in [0.05, 0.1) is 55.2 Å². The van der Waals surface area contributed by atoms with E-state index in [-0.39, 0.29) is 11.8 Å². The molecule has 3 aromatic carbocycles. The quantitative estimate of drug-likeness (QED) is 0.124. The number of fused-ring (bicyclic) bond motifs is 1. The molecule has 1 amide bonds. The average molecular weight is 721 g/mol. The molecule has 5 aromatic rings. The van der Waals surface area contributed by atoms with Crippen LogP contribution in [0, 0.1) is 0 Å². The van der Waals surface area contributed by atoms with Gasteiger partial charge in [-0.25, -0.2) is 4.98 Å². The monoisotopic (exact) mass is 719 g/mol. The normalized spacial score (nSPS) is 14.4. The van der Waals surface area contributed by atoms with Gasteiger partial charge in [-0.15, -0.1) is 0 Å². The molecule has 10 nitrogen and oxygen atoms in total. The number of benzene rings is 3. The Morgan fingerprint density at radius 1 is 0.920 bits per heavy atom. The van der Waals surface area contributed by atoms with Crippen LogP contribution >= 0.6 is 23.2 Å². The van der Waals surface area contributed by atoms with Crippen molar-refractivity contribution in [3.8, 4) is 17.2 Å². The van der Waals surface area contributed by atoms with Crippen LogP contribution < -0.4 is 19.1 Å². The van der Waals surface area contributed by atoms with E-state index in [4.69, 9.17) is 46.8 Å². The fourth-order valence-corrected chi connectivity index (χ4v) is 7.03. The lowest BCUT2D eigenvalue weighted by atomic mass is 9.94. The average Bonchev–Trinajstić information content (AvgIpc) is 3.72. The molecular weight excluding hydrogens is 677 g/mol. The number of rotatable bonds is 13. The van der Waals surface area contributed by atoms with Crippen LogP contribution in [-0.4, -0.2) is 92.9 Å². The molecule has 2 aromatic heterocycles. The van der Waals surface area contributed by atoms with Crippen molar-refractivity contribution in [3.05, 3.63) is 99.9 Å². The Bertz CT molecular complexity index is 1890. The highest BCUT2D eigenvalue weighted by Crippen LogP contribution is 2.39. The first kappa shape index (κ1) is 35.4. The van der Waals surface area contributed by atoms with Crippen molar-refractivity contribution < 1.29 is 23.4 Å². The second-order valence-corrected chi connectivity index (χ2v) is 13.3. The van der Waals surface area contributed by atoms with E-state index in [1.165, 1.54) is 21.3 Å². The van der Waals surface area contributed by atoms with E-state index in [1.807, 2.05) is 43.4 Å². The van der Waals surface area contributed by atoms with Crippen molar-refractivity contribution in [1.82, 2.24) is 19.4 Å². The molecule has 0 saturated carbocycles. The van der Waals surface area contributed by atoms with Gasteiger partial charge in [-0.2, -0.15) is 0 Å². The van der Waals surface area contributed by atoms with Gasteiger partial charge in [-0.3, -0.25) is 4.79 Å². The van der Waals surface area contributed by atoms with Crippen molar-refractivity contribution in [2.24, 2.45) is 0 Å². The van der Waals surface area contributed by atoms with Crippen LogP contribution in [0.25, 0.3) is 11.0 Å². The molecule has 1 atom stereocenters. The van der Waals surface area contributed by atoms with E-state index >= 15 is 0 Å². The molecule has 50 heavy (non-hydrogen) atoms. The number of amides is 1. The number of furan rings is 1. The van der Waals surface area contributed by atoms with Crippen LogP contribution in [0.3, 0.4) is 0 Å². The smallest absolute Gasteiger partial charge is 0.253 e. The molecule has 3 heterocycles. The molecule has 0 bridgehead atoms. The first-order valence-corrected chi connectivity index (χ1v) is 17.5. The minimum atomic E-state index is -0.155. The van der Waals surface area contributed by atoms with E-state index < -0.39 is 0 Å². The lowest BCUT2D eigenvalue weighted by molar-refractivity contribution is 0.0782. The Morgan fingerprint density at radius 2 is 1.70 bits per heavy atom. The first-order chi connectivity index (χ1) is 24.3. The first-order valence-electron chi connectivity index (χ1n) is 16.7. The second-order valence-electron chi connectivity index (χ2n) is 12.5. The van der Waals surface area contributed by atoms with Gasteiger partial charge >= 0.3 is 0 Å². The standard InChI is InChI=1S/C38H43Cl2N5O5/c1-42(37(46)28-22-34(47-2)36(49-4)35(23-28)48-3)24-27(26-12-13-30(39)31(40)21-26)14-17-43-15-8-16-44(19-18-43)38-41-32-10-5-6-11-33(32)45(38)25-29-9-7-20-50-29/h5-7,9-13,20-23,27H,8,14-19,24-25H2,1-4H3. The van der Waals surface area contributed by atoms with Crippen LogP contribution in [0.15, 0.2) is 77.4 Å². The summed E-state index contributed by atoms with van der Waals surface area (Å²) in [6.07, 6.45) is 3.53. The molecule has 12 heteroatoms. The molecular formula is C38H43Cl2N5O5. The summed E-state index contributed by atoms with van der Waals surface area (Å²) in [5.41, 5.74) is 3.55. The lowest BCUT2D eigenvalue weighted by Crippen LogP contribution is -2.35.